The Morgan fingerprint density at radius 1 is 1.39 bits per heavy atom. The summed E-state index contributed by atoms with van der Waals surface area (Å²) in [6.07, 6.45) is 1.21. The molecule has 0 unspecified atom stereocenters. The van der Waals surface area contributed by atoms with Gasteiger partial charge in [-0.25, -0.2) is 8.42 Å². The SMILES string of the molecule is CS(=O)(=O)CCSCc1ccc(C(N)=O)cc1N. The van der Waals surface area contributed by atoms with Crippen molar-refractivity contribution >= 4 is 33.2 Å². The van der Waals surface area contributed by atoms with Gasteiger partial charge in [0.05, 0.1) is 5.75 Å². The van der Waals surface area contributed by atoms with E-state index in [4.69, 9.17) is 11.5 Å². The molecule has 0 atom stereocenters. The van der Waals surface area contributed by atoms with Crippen LogP contribution in [0.25, 0.3) is 0 Å². The van der Waals surface area contributed by atoms with E-state index in [0.717, 1.165) is 5.56 Å². The van der Waals surface area contributed by atoms with Crippen LogP contribution in [-0.4, -0.2) is 32.1 Å². The van der Waals surface area contributed by atoms with Crippen LogP contribution in [0.1, 0.15) is 15.9 Å². The molecule has 1 amide bonds. The van der Waals surface area contributed by atoms with E-state index in [-0.39, 0.29) is 5.75 Å². The molecule has 100 valence electrons. The number of nitrogens with two attached hydrogens (primary N) is 2. The first-order chi connectivity index (χ1) is 8.29. The molecule has 0 saturated carbocycles. The Kier molecular flexibility index (Phi) is 5.03. The van der Waals surface area contributed by atoms with Gasteiger partial charge in [-0.1, -0.05) is 6.07 Å². The molecule has 0 spiro atoms. The number of anilines is 1. The number of thioether (sulfide) groups is 1. The van der Waals surface area contributed by atoms with Crippen LogP contribution >= 0.6 is 11.8 Å². The third-order valence-electron chi connectivity index (χ3n) is 2.29. The van der Waals surface area contributed by atoms with Crippen LogP contribution in [0, 0.1) is 0 Å². The molecular weight excluding hydrogens is 272 g/mol. The number of sulfone groups is 1. The number of nitrogen functional groups attached to an aromatic ring is 1. The maximum Gasteiger partial charge on any atom is 0.248 e. The minimum atomic E-state index is -2.92. The van der Waals surface area contributed by atoms with E-state index >= 15 is 0 Å². The highest BCUT2D eigenvalue weighted by Gasteiger charge is 2.06. The van der Waals surface area contributed by atoms with E-state index in [9.17, 15) is 13.2 Å². The maximum absolute atomic E-state index is 10.9. The number of carbonyl (C=O) groups excluding carboxylic acids is 1. The normalized spacial score (nSPS) is 11.4. The second kappa shape index (κ2) is 6.10. The van der Waals surface area contributed by atoms with Gasteiger partial charge in [0, 0.05) is 29.0 Å². The third-order valence-corrected chi connectivity index (χ3v) is 4.50. The first kappa shape index (κ1) is 14.8. The fraction of sp³-hybridized carbons (Fsp3) is 0.364. The minimum Gasteiger partial charge on any atom is -0.398 e. The second-order valence-electron chi connectivity index (χ2n) is 3.96. The Balaban J connectivity index is 2.56. The average Bonchev–Trinajstić information content (AvgIpc) is 2.24. The van der Waals surface area contributed by atoms with Gasteiger partial charge in [0.1, 0.15) is 9.84 Å². The fourth-order valence-corrected chi connectivity index (χ4v) is 3.58. The molecule has 1 aromatic rings. The number of primary amides is 1. The fourth-order valence-electron chi connectivity index (χ4n) is 1.27. The number of rotatable bonds is 6. The highest BCUT2D eigenvalue weighted by Crippen LogP contribution is 2.20. The van der Waals surface area contributed by atoms with Gasteiger partial charge >= 0.3 is 0 Å². The topological polar surface area (TPSA) is 103 Å². The van der Waals surface area contributed by atoms with Gasteiger partial charge in [0.15, 0.2) is 0 Å². The third kappa shape index (κ3) is 4.97. The van der Waals surface area contributed by atoms with E-state index in [1.165, 1.54) is 24.1 Å². The average molecular weight is 288 g/mol. The molecule has 0 aliphatic heterocycles. The van der Waals surface area contributed by atoms with Gasteiger partial charge in [-0.05, 0) is 17.7 Å². The Morgan fingerprint density at radius 3 is 2.56 bits per heavy atom. The first-order valence-corrected chi connectivity index (χ1v) is 8.45. The van der Waals surface area contributed by atoms with Crippen molar-refractivity contribution < 1.29 is 13.2 Å². The van der Waals surface area contributed by atoms with E-state index < -0.39 is 15.7 Å². The lowest BCUT2D eigenvalue weighted by Crippen LogP contribution is -2.11. The molecule has 0 fully saturated rings. The number of amides is 1. The molecule has 1 aromatic carbocycles. The van der Waals surface area contributed by atoms with Crippen LogP contribution in [0.2, 0.25) is 0 Å². The molecule has 0 aliphatic rings. The zero-order valence-corrected chi connectivity index (χ0v) is 11.7. The molecule has 0 saturated heterocycles. The van der Waals surface area contributed by atoms with E-state index in [1.807, 2.05) is 0 Å². The van der Waals surface area contributed by atoms with Gasteiger partial charge in [-0.2, -0.15) is 11.8 Å². The van der Waals surface area contributed by atoms with E-state index in [0.29, 0.717) is 22.8 Å². The summed E-state index contributed by atoms with van der Waals surface area (Å²) in [7, 11) is -2.92. The molecule has 1 rings (SSSR count). The van der Waals surface area contributed by atoms with Gasteiger partial charge in [-0.15, -0.1) is 0 Å². The molecule has 0 aliphatic carbocycles. The summed E-state index contributed by atoms with van der Waals surface area (Å²) >= 11 is 1.49. The lowest BCUT2D eigenvalue weighted by Gasteiger charge is -2.06. The number of carbonyl (C=O) groups is 1. The smallest absolute Gasteiger partial charge is 0.248 e. The van der Waals surface area contributed by atoms with Crippen molar-refractivity contribution in [2.75, 3.05) is 23.5 Å². The van der Waals surface area contributed by atoms with Crippen LogP contribution in [-0.2, 0) is 15.6 Å². The summed E-state index contributed by atoms with van der Waals surface area (Å²) in [5.74, 6) is 0.769. The largest absolute Gasteiger partial charge is 0.398 e. The molecule has 0 bridgehead atoms. The van der Waals surface area contributed by atoms with Crippen LogP contribution in [0.4, 0.5) is 5.69 Å². The molecule has 5 nitrogen and oxygen atoms in total. The number of benzene rings is 1. The Hall–Kier alpha value is -1.21. The molecule has 18 heavy (non-hydrogen) atoms. The predicted octanol–water partition coefficient (Wildman–Crippen LogP) is 0.646. The lowest BCUT2D eigenvalue weighted by molar-refractivity contribution is 0.100. The molecule has 7 heteroatoms. The van der Waals surface area contributed by atoms with Gasteiger partial charge in [0.25, 0.3) is 0 Å². The van der Waals surface area contributed by atoms with E-state index in [1.54, 1.807) is 12.1 Å². The highest BCUT2D eigenvalue weighted by atomic mass is 32.2. The van der Waals surface area contributed by atoms with Crippen molar-refractivity contribution in [1.82, 2.24) is 0 Å². The van der Waals surface area contributed by atoms with Crippen LogP contribution in [0.3, 0.4) is 0 Å². The molecule has 0 radical (unpaired) electrons. The van der Waals surface area contributed by atoms with Crippen LogP contribution in [0.5, 0.6) is 0 Å². The van der Waals surface area contributed by atoms with Crippen molar-refractivity contribution in [3.05, 3.63) is 29.3 Å². The summed E-state index contributed by atoms with van der Waals surface area (Å²) in [6.45, 7) is 0. The summed E-state index contributed by atoms with van der Waals surface area (Å²) in [5.41, 5.74) is 12.7. The Morgan fingerprint density at radius 2 is 2.06 bits per heavy atom. The first-order valence-electron chi connectivity index (χ1n) is 5.23. The van der Waals surface area contributed by atoms with Gasteiger partial charge in [-0.3, -0.25) is 4.79 Å². The number of hydrogen-bond acceptors (Lipinski definition) is 5. The molecule has 0 aromatic heterocycles. The van der Waals surface area contributed by atoms with Crippen molar-refractivity contribution in [2.24, 2.45) is 5.73 Å². The summed E-state index contributed by atoms with van der Waals surface area (Å²) in [6, 6.07) is 4.89. The molecular formula is C11H16N2O3S2. The zero-order chi connectivity index (χ0) is 13.8. The summed E-state index contributed by atoms with van der Waals surface area (Å²) < 4.78 is 21.9. The lowest BCUT2D eigenvalue weighted by atomic mass is 10.1. The summed E-state index contributed by atoms with van der Waals surface area (Å²) in [4.78, 5) is 10.9. The molecule has 0 heterocycles. The van der Waals surface area contributed by atoms with Gasteiger partial charge in [0.2, 0.25) is 5.91 Å². The predicted molar refractivity (Wildman–Crippen MR) is 75.2 cm³/mol. The monoisotopic (exact) mass is 288 g/mol. The van der Waals surface area contributed by atoms with Crippen LogP contribution in [0.15, 0.2) is 18.2 Å². The van der Waals surface area contributed by atoms with E-state index in [2.05, 4.69) is 0 Å². The molecule has 4 N–H and O–H groups in total. The van der Waals surface area contributed by atoms with Gasteiger partial charge < -0.3 is 11.5 Å². The highest BCUT2D eigenvalue weighted by molar-refractivity contribution is 7.99. The van der Waals surface area contributed by atoms with Crippen molar-refractivity contribution in [3.63, 3.8) is 0 Å². The Labute approximate surface area is 111 Å². The van der Waals surface area contributed by atoms with Crippen molar-refractivity contribution in [1.29, 1.82) is 0 Å². The second-order valence-corrected chi connectivity index (χ2v) is 7.33. The maximum atomic E-state index is 10.9. The van der Waals surface area contributed by atoms with Crippen molar-refractivity contribution in [2.45, 2.75) is 5.75 Å². The van der Waals surface area contributed by atoms with Crippen LogP contribution < -0.4 is 11.5 Å². The minimum absolute atomic E-state index is 0.150. The number of hydrogen-bond donors (Lipinski definition) is 2. The standard InChI is InChI=1S/C11H16N2O3S2/c1-18(15,16)5-4-17-7-9-3-2-8(11(13)14)6-10(9)12/h2-3,6H,4-5,7,12H2,1H3,(H2,13,14). The van der Waals surface area contributed by atoms with Crippen molar-refractivity contribution in [3.8, 4) is 0 Å². The quantitative estimate of drug-likeness (QED) is 0.591. The summed E-state index contributed by atoms with van der Waals surface area (Å²) in [5, 5.41) is 0. The zero-order valence-electron chi connectivity index (χ0n) is 10.0. The Bertz CT molecular complexity index is 541.